The highest BCUT2D eigenvalue weighted by Crippen LogP contribution is 2.47. The average molecular weight is 415 g/mol. The molecular weight excluding hydrogens is 385 g/mol. The van der Waals surface area contributed by atoms with Gasteiger partial charge in [-0.25, -0.2) is 0 Å². The van der Waals surface area contributed by atoms with E-state index in [0.29, 0.717) is 17.4 Å². The van der Waals surface area contributed by atoms with Crippen LogP contribution in [-0.2, 0) is 6.42 Å². The Morgan fingerprint density at radius 3 is 2.32 bits per heavy atom. The molecule has 1 atom stereocenters. The van der Waals surface area contributed by atoms with E-state index in [1.165, 1.54) is 18.4 Å². The molecule has 124 valence electrons. The van der Waals surface area contributed by atoms with E-state index in [1.54, 1.807) is 0 Å². The maximum Gasteiger partial charge on any atom is 0.191 e. The Bertz CT molecular complexity index is 466. The number of hydrogen-bond donors (Lipinski definition) is 2. The van der Waals surface area contributed by atoms with Crippen LogP contribution < -0.4 is 10.6 Å². The maximum atomic E-state index is 4.34. The number of guanidine groups is 1. The van der Waals surface area contributed by atoms with Crippen molar-refractivity contribution < 1.29 is 0 Å². The molecule has 3 nitrogen and oxygen atoms in total. The molecule has 1 aromatic rings. The average Bonchev–Trinajstić information content (AvgIpc) is 3.24. The minimum Gasteiger partial charge on any atom is -0.356 e. The molecule has 2 rings (SSSR count). The lowest BCUT2D eigenvalue weighted by molar-refractivity contribution is 0.463. The molecule has 1 fully saturated rings. The number of halogens is 1. The second kappa shape index (κ2) is 8.75. The van der Waals surface area contributed by atoms with Gasteiger partial charge in [-0.3, -0.25) is 4.99 Å². The van der Waals surface area contributed by atoms with Crippen LogP contribution in [0, 0.1) is 11.3 Å². The van der Waals surface area contributed by atoms with Crippen molar-refractivity contribution in [3.8, 4) is 0 Å². The van der Waals surface area contributed by atoms with Crippen LogP contribution in [-0.4, -0.2) is 25.6 Å². The van der Waals surface area contributed by atoms with Crippen molar-refractivity contribution in [3.63, 3.8) is 0 Å². The van der Waals surface area contributed by atoms with Crippen LogP contribution in [0.15, 0.2) is 35.3 Å². The standard InChI is InChI=1S/C18H29N3.HI/c1-14(2)15(3)21-17(19-4)20-13-18(10-11-18)12-16-8-6-5-7-9-16;/h5-9,14-15H,10-13H2,1-4H3,(H2,19,20,21);1H. The lowest BCUT2D eigenvalue weighted by Crippen LogP contribution is -2.46. The van der Waals surface area contributed by atoms with E-state index in [1.807, 2.05) is 7.05 Å². The highest BCUT2D eigenvalue weighted by Gasteiger charge is 2.42. The van der Waals surface area contributed by atoms with Crippen molar-refractivity contribution in [2.75, 3.05) is 13.6 Å². The fourth-order valence-electron chi connectivity index (χ4n) is 2.47. The normalized spacial score (nSPS) is 17.6. The van der Waals surface area contributed by atoms with Gasteiger partial charge in [-0.05, 0) is 43.1 Å². The molecule has 0 saturated heterocycles. The summed E-state index contributed by atoms with van der Waals surface area (Å²) < 4.78 is 0. The first-order chi connectivity index (χ1) is 10.0. The Labute approximate surface area is 152 Å². The zero-order valence-corrected chi connectivity index (χ0v) is 16.6. The Kier molecular flexibility index (Phi) is 7.66. The second-order valence-corrected chi connectivity index (χ2v) is 6.77. The minimum absolute atomic E-state index is 0. The third-order valence-electron chi connectivity index (χ3n) is 4.60. The third-order valence-corrected chi connectivity index (χ3v) is 4.60. The van der Waals surface area contributed by atoms with E-state index in [2.05, 4.69) is 66.7 Å². The van der Waals surface area contributed by atoms with Crippen LogP contribution in [0.2, 0.25) is 0 Å². The number of aliphatic imine (C=N–C) groups is 1. The summed E-state index contributed by atoms with van der Waals surface area (Å²) in [6.45, 7) is 7.66. The first-order valence-electron chi connectivity index (χ1n) is 8.06. The highest BCUT2D eigenvalue weighted by molar-refractivity contribution is 14.0. The van der Waals surface area contributed by atoms with Crippen molar-refractivity contribution in [2.45, 2.75) is 46.1 Å². The van der Waals surface area contributed by atoms with Crippen LogP contribution in [0.5, 0.6) is 0 Å². The molecule has 1 unspecified atom stereocenters. The van der Waals surface area contributed by atoms with E-state index in [4.69, 9.17) is 0 Å². The quantitative estimate of drug-likeness (QED) is 0.421. The number of benzene rings is 1. The molecule has 1 aromatic carbocycles. The molecule has 2 N–H and O–H groups in total. The van der Waals surface area contributed by atoms with Crippen LogP contribution in [0.3, 0.4) is 0 Å². The third kappa shape index (κ3) is 5.78. The summed E-state index contributed by atoms with van der Waals surface area (Å²) in [6, 6.07) is 11.2. The number of hydrogen-bond acceptors (Lipinski definition) is 1. The molecule has 0 spiro atoms. The smallest absolute Gasteiger partial charge is 0.191 e. The molecule has 0 bridgehead atoms. The van der Waals surface area contributed by atoms with Crippen LogP contribution in [0.25, 0.3) is 0 Å². The van der Waals surface area contributed by atoms with Gasteiger partial charge in [0, 0.05) is 19.6 Å². The molecule has 1 aliphatic rings. The fourth-order valence-corrected chi connectivity index (χ4v) is 2.47. The topological polar surface area (TPSA) is 36.4 Å². The van der Waals surface area contributed by atoms with E-state index in [-0.39, 0.29) is 24.0 Å². The summed E-state index contributed by atoms with van der Waals surface area (Å²) in [4.78, 5) is 4.34. The summed E-state index contributed by atoms with van der Waals surface area (Å²) in [7, 11) is 1.85. The summed E-state index contributed by atoms with van der Waals surface area (Å²) in [5.41, 5.74) is 1.87. The summed E-state index contributed by atoms with van der Waals surface area (Å²) in [5.74, 6) is 1.53. The van der Waals surface area contributed by atoms with Gasteiger partial charge in [0.1, 0.15) is 0 Å². The monoisotopic (exact) mass is 415 g/mol. The SMILES string of the molecule is CN=C(NCC1(Cc2ccccc2)CC1)NC(C)C(C)C.I. The van der Waals surface area contributed by atoms with E-state index < -0.39 is 0 Å². The van der Waals surface area contributed by atoms with E-state index >= 15 is 0 Å². The van der Waals surface area contributed by atoms with Gasteiger partial charge >= 0.3 is 0 Å². The summed E-state index contributed by atoms with van der Waals surface area (Å²) >= 11 is 0. The van der Waals surface area contributed by atoms with Gasteiger partial charge in [0.25, 0.3) is 0 Å². The molecule has 0 radical (unpaired) electrons. The predicted molar refractivity (Wildman–Crippen MR) is 106 cm³/mol. The van der Waals surface area contributed by atoms with Crippen molar-refractivity contribution in [3.05, 3.63) is 35.9 Å². The Morgan fingerprint density at radius 2 is 1.82 bits per heavy atom. The molecule has 0 heterocycles. The predicted octanol–water partition coefficient (Wildman–Crippen LogP) is 3.84. The molecular formula is C18H30IN3. The van der Waals surface area contributed by atoms with Gasteiger partial charge in [-0.1, -0.05) is 44.2 Å². The van der Waals surface area contributed by atoms with Crippen molar-refractivity contribution in [1.29, 1.82) is 0 Å². The van der Waals surface area contributed by atoms with Crippen LogP contribution in [0.1, 0.15) is 39.2 Å². The lowest BCUT2D eigenvalue weighted by Gasteiger charge is -2.23. The molecule has 1 saturated carbocycles. The van der Waals surface area contributed by atoms with E-state index in [0.717, 1.165) is 18.9 Å². The zero-order chi connectivity index (χ0) is 15.3. The van der Waals surface area contributed by atoms with Gasteiger partial charge < -0.3 is 10.6 Å². The fraction of sp³-hybridized carbons (Fsp3) is 0.611. The van der Waals surface area contributed by atoms with Gasteiger partial charge in [-0.2, -0.15) is 0 Å². The van der Waals surface area contributed by atoms with Crippen molar-refractivity contribution >= 4 is 29.9 Å². The van der Waals surface area contributed by atoms with Crippen molar-refractivity contribution in [2.24, 2.45) is 16.3 Å². The Morgan fingerprint density at radius 1 is 1.18 bits per heavy atom. The van der Waals surface area contributed by atoms with Gasteiger partial charge in [0.2, 0.25) is 0 Å². The lowest BCUT2D eigenvalue weighted by atomic mass is 9.96. The number of nitrogens with zero attached hydrogens (tertiary/aromatic N) is 1. The molecule has 22 heavy (non-hydrogen) atoms. The molecule has 0 amide bonds. The number of nitrogens with one attached hydrogen (secondary N) is 2. The Hall–Kier alpha value is -0.780. The molecule has 4 heteroatoms. The first kappa shape index (κ1) is 19.3. The molecule has 0 aromatic heterocycles. The van der Waals surface area contributed by atoms with Crippen LogP contribution >= 0.6 is 24.0 Å². The highest BCUT2D eigenvalue weighted by atomic mass is 127. The molecule has 1 aliphatic carbocycles. The summed E-state index contributed by atoms with van der Waals surface area (Å²) in [6.07, 6.45) is 3.79. The maximum absolute atomic E-state index is 4.34. The van der Waals surface area contributed by atoms with Gasteiger partial charge in [0.05, 0.1) is 0 Å². The largest absolute Gasteiger partial charge is 0.356 e. The summed E-state index contributed by atoms with van der Waals surface area (Å²) in [5, 5.41) is 6.99. The molecule has 0 aliphatic heterocycles. The van der Waals surface area contributed by atoms with E-state index in [9.17, 15) is 0 Å². The zero-order valence-electron chi connectivity index (χ0n) is 14.2. The van der Waals surface area contributed by atoms with Crippen molar-refractivity contribution in [1.82, 2.24) is 10.6 Å². The van der Waals surface area contributed by atoms with Gasteiger partial charge in [0.15, 0.2) is 5.96 Å². The Balaban J connectivity index is 0.00000242. The first-order valence-corrected chi connectivity index (χ1v) is 8.06. The van der Waals surface area contributed by atoms with Crippen LogP contribution in [0.4, 0.5) is 0 Å². The number of rotatable bonds is 6. The van der Waals surface area contributed by atoms with Gasteiger partial charge in [-0.15, -0.1) is 24.0 Å². The second-order valence-electron chi connectivity index (χ2n) is 6.77. The minimum atomic E-state index is 0.